The topological polar surface area (TPSA) is 57.5 Å². The first-order valence-electron chi connectivity index (χ1n) is 9.90. The van der Waals surface area contributed by atoms with Crippen LogP contribution in [0.5, 0.6) is 5.75 Å². The molecular formula is C25H23NO4. The minimum absolute atomic E-state index is 0.0187. The van der Waals surface area contributed by atoms with Crippen molar-refractivity contribution in [2.45, 2.75) is 20.4 Å². The van der Waals surface area contributed by atoms with E-state index in [0.717, 1.165) is 16.9 Å². The number of nitrogens with zero attached hydrogens (tertiary/aromatic N) is 1. The van der Waals surface area contributed by atoms with E-state index in [1.807, 2.05) is 66.9 Å². The number of carbonyl (C=O) groups is 1. The van der Waals surface area contributed by atoms with Crippen molar-refractivity contribution in [1.82, 2.24) is 4.57 Å². The van der Waals surface area contributed by atoms with Gasteiger partial charge in [-0.3, -0.25) is 9.59 Å². The summed E-state index contributed by atoms with van der Waals surface area (Å²) in [6.45, 7) is 4.48. The summed E-state index contributed by atoms with van der Waals surface area (Å²) in [7, 11) is 0. The molecule has 0 radical (unpaired) electrons. The molecule has 0 aliphatic heterocycles. The lowest BCUT2D eigenvalue weighted by molar-refractivity contribution is -0.144. The van der Waals surface area contributed by atoms with Crippen molar-refractivity contribution in [2.24, 2.45) is 0 Å². The zero-order valence-corrected chi connectivity index (χ0v) is 17.1. The summed E-state index contributed by atoms with van der Waals surface area (Å²) >= 11 is 0. The van der Waals surface area contributed by atoms with E-state index >= 15 is 0 Å². The number of hydrogen-bond acceptors (Lipinski definition) is 4. The molecule has 0 aliphatic carbocycles. The summed E-state index contributed by atoms with van der Waals surface area (Å²) in [5.74, 6) is 0.388. The lowest BCUT2D eigenvalue weighted by Gasteiger charge is -2.15. The van der Waals surface area contributed by atoms with Crippen LogP contribution in [0.15, 0.2) is 71.5 Å². The van der Waals surface area contributed by atoms with Gasteiger partial charge in [-0.05, 0) is 61.4 Å². The first-order valence-corrected chi connectivity index (χ1v) is 9.90. The fourth-order valence-electron chi connectivity index (χ4n) is 3.75. The molecule has 0 saturated heterocycles. The van der Waals surface area contributed by atoms with E-state index in [1.165, 1.54) is 0 Å². The standard InChI is InChI=1S/C25H23NO4/c1-17-13-18(2)15-19(14-17)29-11-12-30-24(27)16-26-22-9-5-3-7-20(22)25(28)21-8-4-6-10-23(21)26/h3-10,13-15H,11-12,16H2,1-2H3. The Bertz CT molecular complexity index is 1210. The Morgan fingerprint density at radius 3 is 2.00 bits per heavy atom. The number of pyridine rings is 1. The Morgan fingerprint density at radius 1 is 0.833 bits per heavy atom. The number of rotatable bonds is 6. The van der Waals surface area contributed by atoms with Gasteiger partial charge in [0.15, 0.2) is 5.43 Å². The first kappa shape index (κ1) is 19.7. The largest absolute Gasteiger partial charge is 0.490 e. The third-order valence-electron chi connectivity index (χ3n) is 4.98. The Balaban J connectivity index is 1.49. The number of benzene rings is 3. The van der Waals surface area contributed by atoms with Gasteiger partial charge in [-0.1, -0.05) is 30.3 Å². The molecule has 30 heavy (non-hydrogen) atoms. The van der Waals surface area contributed by atoms with Crippen LogP contribution in [0.1, 0.15) is 11.1 Å². The smallest absolute Gasteiger partial charge is 0.326 e. The van der Waals surface area contributed by atoms with Crippen LogP contribution in [-0.2, 0) is 16.1 Å². The van der Waals surface area contributed by atoms with E-state index in [9.17, 15) is 9.59 Å². The lowest BCUT2D eigenvalue weighted by atomic mass is 10.1. The Hall–Kier alpha value is -3.60. The molecule has 5 nitrogen and oxygen atoms in total. The molecule has 0 saturated carbocycles. The van der Waals surface area contributed by atoms with Gasteiger partial charge in [0.05, 0.1) is 11.0 Å². The highest BCUT2D eigenvalue weighted by Gasteiger charge is 2.13. The summed E-state index contributed by atoms with van der Waals surface area (Å²) in [5, 5.41) is 1.17. The molecule has 0 bridgehead atoms. The third-order valence-corrected chi connectivity index (χ3v) is 4.98. The van der Waals surface area contributed by atoms with Crippen molar-refractivity contribution in [3.05, 3.63) is 88.1 Å². The molecule has 0 unspecified atom stereocenters. The van der Waals surface area contributed by atoms with Gasteiger partial charge in [0.25, 0.3) is 0 Å². The summed E-state index contributed by atoms with van der Waals surface area (Å²) in [6, 6.07) is 20.6. The molecule has 0 N–H and O–H groups in total. The highest BCUT2D eigenvalue weighted by molar-refractivity contribution is 5.94. The zero-order valence-electron chi connectivity index (χ0n) is 17.1. The van der Waals surface area contributed by atoms with Gasteiger partial charge in [0, 0.05) is 10.8 Å². The minimum Gasteiger partial charge on any atom is -0.490 e. The van der Waals surface area contributed by atoms with Gasteiger partial charge in [-0.15, -0.1) is 0 Å². The molecule has 1 aromatic heterocycles. The number of para-hydroxylation sites is 2. The number of fused-ring (bicyclic) bond motifs is 2. The monoisotopic (exact) mass is 401 g/mol. The second-order valence-electron chi connectivity index (χ2n) is 7.34. The van der Waals surface area contributed by atoms with Crippen LogP contribution in [-0.4, -0.2) is 23.8 Å². The molecule has 152 valence electrons. The molecule has 0 atom stereocenters. The van der Waals surface area contributed by atoms with Crippen LogP contribution >= 0.6 is 0 Å². The maximum absolute atomic E-state index is 12.8. The second kappa shape index (κ2) is 8.41. The number of aromatic nitrogens is 1. The van der Waals surface area contributed by atoms with Crippen LogP contribution in [0.4, 0.5) is 0 Å². The van der Waals surface area contributed by atoms with Crippen molar-refractivity contribution in [3.8, 4) is 5.75 Å². The summed E-state index contributed by atoms with van der Waals surface area (Å²) in [4.78, 5) is 25.3. The molecule has 4 rings (SSSR count). The molecule has 5 heteroatoms. The van der Waals surface area contributed by atoms with Crippen molar-refractivity contribution in [1.29, 1.82) is 0 Å². The molecule has 1 heterocycles. The number of esters is 1. The van der Waals surface area contributed by atoms with Crippen LogP contribution in [0, 0.1) is 13.8 Å². The van der Waals surface area contributed by atoms with Gasteiger partial charge < -0.3 is 14.0 Å². The second-order valence-corrected chi connectivity index (χ2v) is 7.34. The van der Waals surface area contributed by atoms with Crippen LogP contribution in [0.3, 0.4) is 0 Å². The molecule has 0 aliphatic rings. The van der Waals surface area contributed by atoms with E-state index in [4.69, 9.17) is 9.47 Å². The Kier molecular flexibility index (Phi) is 5.53. The first-order chi connectivity index (χ1) is 14.5. The van der Waals surface area contributed by atoms with Crippen molar-refractivity contribution in [3.63, 3.8) is 0 Å². The molecule has 0 spiro atoms. The Morgan fingerprint density at radius 2 is 1.40 bits per heavy atom. The van der Waals surface area contributed by atoms with Gasteiger partial charge in [-0.2, -0.15) is 0 Å². The average Bonchev–Trinajstić information content (AvgIpc) is 2.73. The molecule has 0 amide bonds. The number of aryl methyl sites for hydroxylation is 2. The maximum atomic E-state index is 12.8. The normalized spacial score (nSPS) is 11.0. The molecular weight excluding hydrogens is 378 g/mol. The molecule has 3 aromatic carbocycles. The predicted octanol–water partition coefficient (Wildman–Crippen LogP) is 4.39. The van der Waals surface area contributed by atoms with Crippen molar-refractivity contribution >= 4 is 27.8 Å². The van der Waals surface area contributed by atoms with Crippen LogP contribution in [0.2, 0.25) is 0 Å². The fourth-order valence-corrected chi connectivity index (χ4v) is 3.75. The summed E-state index contributed by atoms with van der Waals surface area (Å²) in [5.41, 5.74) is 3.64. The Labute approximate surface area is 174 Å². The highest BCUT2D eigenvalue weighted by Crippen LogP contribution is 2.19. The minimum atomic E-state index is -0.377. The lowest BCUT2D eigenvalue weighted by Crippen LogP contribution is -2.20. The number of carbonyl (C=O) groups excluding carboxylic acids is 1. The van der Waals surface area contributed by atoms with E-state index in [-0.39, 0.29) is 31.2 Å². The number of ether oxygens (including phenoxy) is 2. The summed E-state index contributed by atoms with van der Waals surface area (Å²) in [6.07, 6.45) is 0. The summed E-state index contributed by atoms with van der Waals surface area (Å²) < 4.78 is 12.9. The van der Waals surface area contributed by atoms with Gasteiger partial charge >= 0.3 is 5.97 Å². The third kappa shape index (κ3) is 4.06. The maximum Gasteiger partial charge on any atom is 0.326 e. The quantitative estimate of drug-likeness (QED) is 0.273. The SMILES string of the molecule is Cc1cc(C)cc(OCCOC(=O)Cn2c3ccccc3c(=O)c3ccccc32)c1. The van der Waals surface area contributed by atoms with Gasteiger partial charge in [0.2, 0.25) is 0 Å². The van der Waals surface area contributed by atoms with E-state index in [0.29, 0.717) is 21.8 Å². The predicted molar refractivity (Wildman–Crippen MR) is 118 cm³/mol. The van der Waals surface area contributed by atoms with Gasteiger partial charge in [-0.25, -0.2) is 0 Å². The van der Waals surface area contributed by atoms with E-state index in [1.54, 1.807) is 12.1 Å². The van der Waals surface area contributed by atoms with E-state index < -0.39 is 0 Å². The zero-order chi connectivity index (χ0) is 21.1. The molecule has 0 fully saturated rings. The van der Waals surface area contributed by atoms with Crippen LogP contribution < -0.4 is 10.2 Å². The average molecular weight is 401 g/mol. The van der Waals surface area contributed by atoms with Gasteiger partial charge in [0.1, 0.15) is 25.5 Å². The number of hydrogen-bond donors (Lipinski definition) is 0. The highest BCUT2D eigenvalue weighted by atomic mass is 16.6. The van der Waals surface area contributed by atoms with Crippen molar-refractivity contribution in [2.75, 3.05) is 13.2 Å². The van der Waals surface area contributed by atoms with Crippen LogP contribution in [0.25, 0.3) is 21.8 Å². The van der Waals surface area contributed by atoms with E-state index in [2.05, 4.69) is 6.07 Å². The van der Waals surface area contributed by atoms with Crippen molar-refractivity contribution < 1.29 is 14.3 Å². The molecule has 4 aromatic rings. The fraction of sp³-hybridized carbons (Fsp3) is 0.200.